The molecule has 0 bridgehead atoms. The van der Waals surface area contributed by atoms with E-state index in [2.05, 4.69) is 29.7 Å². The third kappa shape index (κ3) is 7.56. The molecule has 11 nitrogen and oxygen atoms in total. The maximum Gasteiger partial charge on any atom is 0.573 e. The highest BCUT2D eigenvalue weighted by atomic mass is 32.2. The van der Waals surface area contributed by atoms with E-state index in [-0.39, 0.29) is 26.2 Å². The van der Waals surface area contributed by atoms with Crippen molar-refractivity contribution in [1.29, 1.82) is 0 Å². The normalized spacial score (nSPS) is 16.5. The van der Waals surface area contributed by atoms with Gasteiger partial charge in [-0.25, -0.2) is 18.4 Å². The van der Waals surface area contributed by atoms with Crippen LogP contribution in [0.25, 0.3) is 10.3 Å². The van der Waals surface area contributed by atoms with Crippen LogP contribution in [0.15, 0.2) is 66.0 Å². The molecule has 246 valence electrons. The number of hydrogen-bond acceptors (Lipinski definition) is 10. The zero-order chi connectivity index (χ0) is 33.3. The van der Waals surface area contributed by atoms with E-state index in [1.54, 1.807) is 11.1 Å². The summed E-state index contributed by atoms with van der Waals surface area (Å²) in [6.45, 7) is -0.513. The minimum absolute atomic E-state index is 0.0821. The SMILES string of the molecule is O=C(NCc1ccc(OC(F)(F)F)cc1)[C@H]1CN(c2nc3ncncc3s2)CCN1S(=O)(=O)c1ccc(OC(F)(F)C(F)F)cc1. The fraction of sp³-hybridized carbons (Fsp3) is 0.308. The molecule has 1 aliphatic heterocycles. The van der Waals surface area contributed by atoms with Crippen molar-refractivity contribution in [2.75, 3.05) is 24.5 Å². The second-order valence-corrected chi connectivity index (χ2v) is 12.5. The molecular formula is C26H21F7N6O5S2. The molecule has 0 radical (unpaired) electrons. The number of alkyl halides is 7. The molecule has 0 unspecified atom stereocenters. The molecule has 0 saturated carbocycles. The van der Waals surface area contributed by atoms with Crippen LogP contribution in [-0.2, 0) is 21.4 Å². The highest BCUT2D eigenvalue weighted by Crippen LogP contribution is 2.32. The lowest BCUT2D eigenvalue weighted by Gasteiger charge is -2.39. The first-order valence-corrected chi connectivity index (χ1v) is 15.3. The van der Waals surface area contributed by atoms with Crippen molar-refractivity contribution >= 4 is 42.7 Å². The van der Waals surface area contributed by atoms with Gasteiger partial charge in [0.15, 0.2) is 10.8 Å². The number of carbonyl (C=O) groups is 1. The highest BCUT2D eigenvalue weighted by molar-refractivity contribution is 7.89. The summed E-state index contributed by atoms with van der Waals surface area (Å²) in [5.74, 6) is -1.95. The summed E-state index contributed by atoms with van der Waals surface area (Å²) >= 11 is 1.22. The number of rotatable bonds is 10. The maximum atomic E-state index is 13.7. The van der Waals surface area contributed by atoms with Gasteiger partial charge in [0.1, 0.15) is 23.9 Å². The van der Waals surface area contributed by atoms with E-state index < -0.39 is 57.3 Å². The van der Waals surface area contributed by atoms with Crippen molar-refractivity contribution in [3.05, 3.63) is 66.6 Å². The van der Waals surface area contributed by atoms with Crippen LogP contribution < -0.4 is 19.7 Å². The Kier molecular flexibility index (Phi) is 9.23. The number of nitrogens with one attached hydrogen (secondary N) is 1. The Morgan fingerprint density at radius 3 is 2.28 bits per heavy atom. The van der Waals surface area contributed by atoms with Gasteiger partial charge in [0.25, 0.3) is 0 Å². The fourth-order valence-corrected chi connectivity index (χ4v) is 6.88. The minimum Gasteiger partial charge on any atom is -0.428 e. The van der Waals surface area contributed by atoms with Crippen LogP contribution >= 0.6 is 11.3 Å². The first-order chi connectivity index (χ1) is 21.6. The lowest BCUT2D eigenvalue weighted by molar-refractivity contribution is -0.274. The molecule has 5 rings (SSSR count). The second-order valence-electron chi connectivity index (χ2n) is 9.63. The van der Waals surface area contributed by atoms with Crippen molar-refractivity contribution in [3.63, 3.8) is 0 Å². The molecule has 20 heteroatoms. The fourth-order valence-electron chi connectivity index (χ4n) is 4.39. The largest absolute Gasteiger partial charge is 0.573 e. The van der Waals surface area contributed by atoms with Gasteiger partial charge in [-0.05, 0) is 42.0 Å². The van der Waals surface area contributed by atoms with Gasteiger partial charge in [-0.2, -0.15) is 26.9 Å². The first kappa shape index (κ1) is 33.1. The van der Waals surface area contributed by atoms with Gasteiger partial charge in [-0.3, -0.25) is 4.79 Å². The third-order valence-electron chi connectivity index (χ3n) is 6.53. The summed E-state index contributed by atoms with van der Waals surface area (Å²) in [6, 6.07) is 6.62. The number of thiazole rings is 1. The molecule has 1 fully saturated rings. The summed E-state index contributed by atoms with van der Waals surface area (Å²) in [7, 11) is -4.48. The Morgan fingerprint density at radius 1 is 1.00 bits per heavy atom. The van der Waals surface area contributed by atoms with E-state index in [4.69, 9.17) is 0 Å². The van der Waals surface area contributed by atoms with Crippen molar-refractivity contribution in [3.8, 4) is 11.5 Å². The van der Waals surface area contributed by atoms with Crippen LogP contribution in [0.5, 0.6) is 11.5 Å². The predicted octanol–water partition coefficient (Wildman–Crippen LogP) is 4.42. The Labute approximate surface area is 259 Å². The van der Waals surface area contributed by atoms with Gasteiger partial charge in [-0.15, -0.1) is 13.2 Å². The second kappa shape index (κ2) is 12.8. The number of hydrogen-bond donors (Lipinski definition) is 1. The van der Waals surface area contributed by atoms with E-state index in [0.717, 1.165) is 40.7 Å². The molecule has 3 heterocycles. The Bertz CT molecular complexity index is 1760. The number of halogens is 7. The molecule has 1 saturated heterocycles. The smallest absolute Gasteiger partial charge is 0.428 e. The van der Waals surface area contributed by atoms with Gasteiger partial charge < -0.3 is 19.7 Å². The standard InChI is InChI=1S/C26H21F7N6O5S2/c27-23(28)25(29,30)43-16-5-7-18(8-6-16)46(41,42)39-10-9-38(24-37-21-20(45-24)12-34-14-36-21)13-19(39)22(40)35-11-15-1-3-17(4-2-15)44-26(31,32)33/h1-8,12,14,19,23H,9-11,13H2,(H,35,40)/t19-/m1/s1. The van der Waals surface area contributed by atoms with Crippen LogP contribution in [0.1, 0.15) is 5.56 Å². The van der Waals surface area contributed by atoms with Gasteiger partial charge in [0.2, 0.25) is 15.9 Å². The molecule has 1 amide bonds. The molecule has 1 atom stereocenters. The number of ether oxygens (including phenoxy) is 2. The van der Waals surface area contributed by atoms with E-state index in [1.165, 1.54) is 29.8 Å². The summed E-state index contributed by atoms with van der Waals surface area (Å²) < 4.78 is 126. The number of carbonyl (C=O) groups excluding carboxylic acids is 1. The maximum absolute atomic E-state index is 13.7. The first-order valence-electron chi connectivity index (χ1n) is 13.0. The lowest BCUT2D eigenvalue weighted by Crippen LogP contribution is -2.60. The van der Waals surface area contributed by atoms with Crippen LogP contribution in [0, 0.1) is 0 Å². The number of amides is 1. The van der Waals surface area contributed by atoms with Gasteiger partial charge in [-0.1, -0.05) is 23.5 Å². The average molecular weight is 695 g/mol. The van der Waals surface area contributed by atoms with Gasteiger partial charge in [0, 0.05) is 32.4 Å². The van der Waals surface area contributed by atoms with Crippen molar-refractivity contribution in [2.24, 2.45) is 0 Å². The lowest BCUT2D eigenvalue weighted by atomic mass is 10.1. The Hall–Kier alpha value is -4.30. The quantitative estimate of drug-likeness (QED) is 0.240. The molecule has 1 aliphatic rings. The molecule has 2 aromatic carbocycles. The number of anilines is 1. The summed E-state index contributed by atoms with van der Waals surface area (Å²) in [5.41, 5.74) is 0.773. The number of benzene rings is 2. The molecule has 2 aromatic heterocycles. The zero-order valence-corrected chi connectivity index (χ0v) is 24.6. The van der Waals surface area contributed by atoms with E-state index in [1.807, 2.05) is 0 Å². The molecule has 0 aliphatic carbocycles. The van der Waals surface area contributed by atoms with Crippen molar-refractivity contribution in [2.45, 2.75) is 36.4 Å². The van der Waals surface area contributed by atoms with E-state index in [9.17, 15) is 43.9 Å². The molecule has 0 spiro atoms. The number of fused-ring (bicyclic) bond motifs is 1. The predicted molar refractivity (Wildman–Crippen MR) is 148 cm³/mol. The van der Waals surface area contributed by atoms with Crippen LogP contribution in [0.2, 0.25) is 0 Å². The number of aromatic nitrogens is 3. The van der Waals surface area contributed by atoms with Crippen molar-refractivity contribution in [1.82, 2.24) is 24.6 Å². The van der Waals surface area contributed by atoms with E-state index in [0.29, 0.717) is 21.0 Å². The number of nitrogens with zero attached hydrogens (tertiary/aromatic N) is 5. The monoisotopic (exact) mass is 694 g/mol. The van der Waals surface area contributed by atoms with Crippen molar-refractivity contribution < 1.29 is 53.4 Å². The van der Waals surface area contributed by atoms with E-state index >= 15 is 0 Å². The van der Waals surface area contributed by atoms with Crippen LogP contribution in [0.3, 0.4) is 0 Å². The summed E-state index contributed by atoms with van der Waals surface area (Å²) in [4.78, 5) is 27.2. The third-order valence-corrected chi connectivity index (χ3v) is 9.49. The Morgan fingerprint density at radius 2 is 1.65 bits per heavy atom. The molecular weight excluding hydrogens is 673 g/mol. The molecule has 46 heavy (non-hydrogen) atoms. The van der Waals surface area contributed by atoms with Crippen LogP contribution in [-0.4, -0.2) is 78.2 Å². The Balaban J connectivity index is 1.37. The van der Waals surface area contributed by atoms with Gasteiger partial charge >= 0.3 is 18.9 Å². The van der Waals surface area contributed by atoms with Gasteiger partial charge in [0.05, 0.1) is 9.60 Å². The zero-order valence-electron chi connectivity index (χ0n) is 23.0. The minimum atomic E-state index is -4.89. The summed E-state index contributed by atoms with van der Waals surface area (Å²) in [6.07, 6.45) is -11.0. The summed E-state index contributed by atoms with van der Waals surface area (Å²) in [5, 5.41) is 3.02. The topological polar surface area (TPSA) is 127 Å². The number of sulfonamides is 1. The molecule has 1 N–H and O–H groups in total. The van der Waals surface area contributed by atoms with Crippen LogP contribution in [0.4, 0.5) is 35.9 Å². The number of piperazine rings is 1. The average Bonchev–Trinajstić information content (AvgIpc) is 3.44. The molecule has 4 aromatic rings. The highest BCUT2D eigenvalue weighted by Gasteiger charge is 2.44.